The third-order valence-electron chi connectivity index (χ3n) is 3.57. The Balaban J connectivity index is 2.19. The van der Waals surface area contributed by atoms with E-state index in [0.29, 0.717) is 11.2 Å². The van der Waals surface area contributed by atoms with Crippen LogP contribution < -0.4 is 11.5 Å². The standard InChI is InChI=1S/C13H14N6O3/c1-3-13(5-20)7(21)4-12(2,22-13)19-6-16-8-9(14)17-11(15)18-10(8)19/h1,4,6,20-21H,5H2,2H3,(H4,14,15,17,18)/t12?,13-/m1/s1. The summed E-state index contributed by atoms with van der Waals surface area (Å²) in [6.45, 7) is 1.06. The minimum absolute atomic E-state index is 0.0214. The molecule has 0 amide bonds. The zero-order chi connectivity index (χ0) is 16.1. The first-order chi connectivity index (χ1) is 10.3. The van der Waals surface area contributed by atoms with Gasteiger partial charge in [-0.15, -0.1) is 6.42 Å². The monoisotopic (exact) mass is 302 g/mol. The number of hydrogen-bond donors (Lipinski definition) is 4. The van der Waals surface area contributed by atoms with E-state index >= 15 is 0 Å². The van der Waals surface area contributed by atoms with Crippen molar-refractivity contribution in [1.29, 1.82) is 0 Å². The highest BCUT2D eigenvalue weighted by Gasteiger charge is 2.49. The molecule has 0 aromatic carbocycles. The molecule has 3 rings (SSSR count). The number of nitrogens with two attached hydrogens (primary N) is 2. The SMILES string of the molecule is C#C[C@]1(CO)OC(C)(n2cnc3c(N)nc(N)nc32)C=C1O. The van der Waals surface area contributed by atoms with E-state index in [2.05, 4.69) is 20.9 Å². The third kappa shape index (κ3) is 1.71. The Morgan fingerprint density at radius 3 is 2.77 bits per heavy atom. The van der Waals surface area contributed by atoms with Crippen molar-refractivity contribution in [3.63, 3.8) is 0 Å². The molecule has 1 unspecified atom stereocenters. The lowest BCUT2D eigenvalue weighted by atomic mass is 10.1. The molecule has 1 aliphatic rings. The predicted molar refractivity (Wildman–Crippen MR) is 78.2 cm³/mol. The van der Waals surface area contributed by atoms with Crippen LogP contribution in [0.3, 0.4) is 0 Å². The second-order valence-corrected chi connectivity index (χ2v) is 5.07. The number of nitrogen functional groups attached to an aromatic ring is 2. The van der Waals surface area contributed by atoms with Gasteiger partial charge in [-0.05, 0) is 6.92 Å². The zero-order valence-corrected chi connectivity index (χ0v) is 11.7. The van der Waals surface area contributed by atoms with Gasteiger partial charge in [0.2, 0.25) is 11.5 Å². The van der Waals surface area contributed by atoms with Gasteiger partial charge in [0, 0.05) is 6.08 Å². The molecule has 2 atom stereocenters. The van der Waals surface area contributed by atoms with E-state index in [1.165, 1.54) is 17.0 Å². The summed E-state index contributed by atoms with van der Waals surface area (Å²) < 4.78 is 7.23. The molecule has 0 spiro atoms. The average Bonchev–Trinajstić information content (AvgIpc) is 2.99. The number of hydrogen-bond acceptors (Lipinski definition) is 8. The average molecular weight is 302 g/mol. The van der Waals surface area contributed by atoms with Crippen LogP contribution >= 0.6 is 0 Å². The van der Waals surface area contributed by atoms with Crippen molar-refractivity contribution < 1.29 is 14.9 Å². The summed E-state index contributed by atoms with van der Waals surface area (Å²) in [7, 11) is 0. The van der Waals surface area contributed by atoms with Gasteiger partial charge in [0.05, 0.1) is 12.9 Å². The highest BCUT2D eigenvalue weighted by atomic mass is 16.6. The smallest absolute Gasteiger partial charge is 0.224 e. The van der Waals surface area contributed by atoms with Gasteiger partial charge in [-0.3, -0.25) is 4.57 Å². The number of anilines is 2. The van der Waals surface area contributed by atoms with Crippen LogP contribution in [-0.4, -0.2) is 41.9 Å². The van der Waals surface area contributed by atoms with E-state index < -0.39 is 17.9 Å². The molecular formula is C13H14N6O3. The van der Waals surface area contributed by atoms with Crippen molar-refractivity contribution in [1.82, 2.24) is 19.5 Å². The molecule has 2 aromatic heterocycles. The van der Waals surface area contributed by atoms with Crippen LogP contribution in [0.2, 0.25) is 0 Å². The van der Waals surface area contributed by atoms with Crippen molar-refractivity contribution in [3.8, 4) is 12.3 Å². The normalized spacial score (nSPS) is 27.8. The molecule has 9 heteroatoms. The Bertz CT molecular complexity index is 838. The molecule has 6 N–H and O–H groups in total. The molecule has 9 nitrogen and oxygen atoms in total. The van der Waals surface area contributed by atoms with E-state index in [4.69, 9.17) is 22.6 Å². The second kappa shape index (κ2) is 4.33. The molecule has 22 heavy (non-hydrogen) atoms. The van der Waals surface area contributed by atoms with E-state index in [9.17, 15) is 10.2 Å². The summed E-state index contributed by atoms with van der Waals surface area (Å²) in [5.41, 5.74) is 9.19. The summed E-state index contributed by atoms with van der Waals surface area (Å²) >= 11 is 0. The van der Waals surface area contributed by atoms with Gasteiger partial charge in [0.15, 0.2) is 17.2 Å². The lowest BCUT2D eigenvalue weighted by molar-refractivity contribution is -0.122. The zero-order valence-electron chi connectivity index (χ0n) is 11.7. The van der Waals surface area contributed by atoms with Crippen molar-refractivity contribution in [2.24, 2.45) is 0 Å². The third-order valence-corrected chi connectivity index (χ3v) is 3.57. The first kappa shape index (κ1) is 14.1. The van der Waals surface area contributed by atoms with Crippen molar-refractivity contribution in [3.05, 3.63) is 18.2 Å². The van der Waals surface area contributed by atoms with Crippen LogP contribution in [0.4, 0.5) is 11.8 Å². The largest absolute Gasteiger partial charge is 0.508 e. The number of rotatable bonds is 2. The number of ether oxygens (including phenoxy) is 1. The second-order valence-electron chi connectivity index (χ2n) is 5.07. The molecule has 0 aliphatic carbocycles. The summed E-state index contributed by atoms with van der Waals surface area (Å²) in [5.74, 6) is 2.10. The fourth-order valence-electron chi connectivity index (χ4n) is 2.45. The van der Waals surface area contributed by atoms with Crippen molar-refractivity contribution in [2.45, 2.75) is 18.2 Å². The molecule has 0 saturated carbocycles. The fraction of sp³-hybridized carbons (Fsp3) is 0.308. The van der Waals surface area contributed by atoms with Crippen LogP contribution in [0.25, 0.3) is 11.2 Å². The van der Waals surface area contributed by atoms with Crippen LogP contribution in [0.5, 0.6) is 0 Å². The fourth-order valence-corrected chi connectivity index (χ4v) is 2.45. The van der Waals surface area contributed by atoms with Crippen LogP contribution in [0, 0.1) is 12.3 Å². The molecule has 0 radical (unpaired) electrons. The number of aliphatic hydroxyl groups is 2. The maximum atomic E-state index is 10.1. The lowest BCUT2D eigenvalue weighted by Crippen LogP contribution is -2.40. The van der Waals surface area contributed by atoms with Gasteiger partial charge in [0.25, 0.3) is 0 Å². The van der Waals surface area contributed by atoms with Crippen molar-refractivity contribution in [2.75, 3.05) is 18.1 Å². The number of fused-ring (bicyclic) bond motifs is 1. The number of imidazole rings is 1. The highest BCUT2D eigenvalue weighted by molar-refractivity contribution is 5.82. The van der Waals surface area contributed by atoms with Gasteiger partial charge >= 0.3 is 0 Å². The van der Waals surface area contributed by atoms with Gasteiger partial charge < -0.3 is 26.4 Å². The Hall–Kier alpha value is -2.83. The van der Waals surface area contributed by atoms with E-state index in [0.717, 1.165) is 0 Å². The van der Waals surface area contributed by atoms with Crippen LogP contribution in [0.1, 0.15) is 6.92 Å². The lowest BCUT2D eigenvalue weighted by Gasteiger charge is -2.29. The van der Waals surface area contributed by atoms with Crippen LogP contribution in [-0.2, 0) is 10.5 Å². The number of aliphatic hydroxyl groups excluding tert-OH is 2. The minimum Gasteiger partial charge on any atom is -0.508 e. The van der Waals surface area contributed by atoms with Gasteiger partial charge in [-0.2, -0.15) is 9.97 Å². The van der Waals surface area contributed by atoms with Gasteiger partial charge in [0.1, 0.15) is 11.3 Å². The molecule has 1 aliphatic heterocycles. The molecular weight excluding hydrogens is 288 g/mol. The molecule has 2 aromatic rings. The first-order valence-corrected chi connectivity index (χ1v) is 6.33. The summed E-state index contributed by atoms with van der Waals surface area (Å²) in [5, 5.41) is 19.5. The molecule has 114 valence electrons. The predicted octanol–water partition coefficient (Wildman–Crippen LogP) is -0.500. The van der Waals surface area contributed by atoms with E-state index in [-0.39, 0.29) is 17.5 Å². The van der Waals surface area contributed by atoms with Crippen LogP contribution in [0.15, 0.2) is 18.2 Å². The summed E-state index contributed by atoms with van der Waals surface area (Å²) in [6.07, 6.45) is 8.17. The Kier molecular flexibility index (Phi) is 2.78. The quantitative estimate of drug-likeness (QED) is 0.543. The van der Waals surface area contributed by atoms with E-state index in [1.807, 2.05) is 0 Å². The first-order valence-electron chi connectivity index (χ1n) is 6.33. The summed E-state index contributed by atoms with van der Waals surface area (Å²) in [4.78, 5) is 12.0. The Morgan fingerprint density at radius 2 is 2.18 bits per heavy atom. The van der Waals surface area contributed by atoms with Gasteiger partial charge in [-0.1, -0.05) is 5.92 Å². The topological polar surface area (TPSA) is 145 Å². The molecule has 0 fully saturated rings. The molecule has 3 heterocycles. The maximum absolute atomic E-state index is 10.1. The van der Waals surface area contributed by atoms with Crippen molar-refractivity contribution >= 4 is 22.9 Å². The number of terminal acetylenes is 1. The number of aromatic nitrogens is 4. The molecule has 0 saturated heterocycles. The Morgan fingerprint density at radius 1 is 1.45 bits per heavy atom. The number of nitrogens with zero attached hydrogens (tertiary/aromatic N) is 4. The summed E-state index contributed by atoms with van der Waals surface area (Å²) in [6, 6.07) is 0. The highest BCUT2D eigenvalue weighted by Crippen LogP contribution is 2.40. The minimum atomic E-state index is -1.62. The molecule has 0 bridgehead atoms. The maximum Gasteiger partial charge on any atom is 0.224 e. The van der Waals surface area contributed by atoms with Gasteiger partial charge in [-0.25, -0.2) is 4.98 Å². The Labute approximate surface area is 125 Å². The van der Waals surface area contributed by atoms with E-state index in [1.54, 1.807) is 6.92 Å².